The largest absolute Gasteiger partial charge is 0.491 e. The van der Waals surface area contributed by atoms with Crippen LogP contribution in [0.4, 0.5) is 5.69 Å². The van der Waals surface area contributed by atoms with Crippen LogP contribution in [0.2, 0.25) is 0 Å². The maximum atomic E-state index is 11.4. The van der Waals surface area contributed by atoms with Gasteiger partial charge in [-0.1, -0.05) is 6.42 Å². The Kier molecular flexibility index (Phi) is 7.44. The first kappa shape index (κ1) is 20.2. The zero-order valence-electron chi connectivity index (χ0n) is 13.8. The third kappa shape index (κ3) is 5.07. The van der Waals surface area contributed by atoms with Crippen molar-refractivity contribution in [1.29, 1.82) is 0 Å². The first-order chi connectivity index (χ1) is 10.9. The van der Waals surface area contributed by atoms with Crippen LogP contribution in [0.3, 0.4) is 0 Å². The van der Waals surface area contributed by atoms with E-state index in [0.717, 1.165) is 12.8 Å². The lowest BCUT2D eigenvalue weighted by molar-refractivity contribution is -0.385. The van der Waals surface area contributed by atoms with Gasteiger partial charge in [-0.05, 0) is 39.3 Å². The van der Waals surface area contributed by atoms with E-state index in [9.17, 15) is 20.0 Å². The van der Waals surface area contributed by atoms with Crippen molar-refractivity contribution in [3.05, 3.63) is 33.9 Å². The van der Waals surface area contributed by atoms with E-state index in [1.54, 1.807) is 6.07 Å². The van der Waals surface area contributed by atoms with Crippen molar-refractivity contribution in [3.63, 3.8) is 0 Å². The number of ether oxygens (including phenoxy) is 1. The first-order valence-corrected chi connectivity index (χ1v) is 7.79. The predicted octanol–water partition coefficient (Wildman–Crippen LogP) is 3.24. The lowest BCUT2D eigenvalue weighted by Crippen LogP contribution is -2.44. The van der Waals surface area contributed by atoms with Crippen LogP contribution < -0.4 is 4.74 Å². The smallest absolute Gasteiger partial charge is 0.320 e. The van der Waals surface area contributed by atoms with Gasteiger partial charge in [-0.25, -0.2) is 0 Å². The van der Waals surface area contributed by atoms with Gasteiger partial charge in [-0.15, -0.1) is 12.4 Å². The average molecular weight is 359 g/mol. The molecule has 134 valence electrons. The molecular formula is C16H23ClN2O5. The third-order valence-electron chi connectivity index (χ3n) is 3.89. The minimum Gasteiger partial charge on any atom is -0.491 e. The van der Waals surface area contributed by atoms with E-state index in [-0.39, 0.29) is 24.2 Å². The number of hydrogen-bond donors (Lipinski definition) is 1. The summed E-state index contributed by atoms with van der Waals surface area (Å²) in [5, 5.41) is 20.4. The number of nitro benzene ring substituents is 1. The number of likely N-dealkylation sites (tertiary alicyclic amines) is 1. The number of aliphatic carboxylic acids is 1. The number of non-ortho nitro benzene ring substituents is 1. The highest BCUT2D eigenvalue weighted by Crippen LogP contribution is 2.29. The molecule has 1 aliphatic rings. The summed E-state index contributed by atoms with van der Waals surface area (Å²) >= 11 is 0. The van der Waals surface area contributed by atoms with Gasteiger partial charge in [0.2, 0.25) is 0 Å². The zero-order valence-corrected chi connectivity index (χ0v) is 14.6. The second-order valence-corrected chi connectivity index (χ2v) is 6.04. The topological polar surface area (TPSA) is 92.9 Å². The standard InChI is InChI=1S/C16H22N2O5.ClH/c1-11(2)23-15-7-6-13(18(21)22)9-12(15)10-17-8-4-3-5-14(17)16(19)20;/h6-7,9,11,14H,3-5,8,10H2,1-2H3,(H,19,20);1H. The second kappa shape index (κ2) is 8.84. The van der Waals surface area contributed by atoms with Crippen molar-refractivity contribution >= 4 is 24.1 Å². The maximum absolute atomic E-state index is 11.4. The Morgan fingerprint density at radius 1 is 1.46 bits per heavy atom. The predicted molar refractivity (Wildman–Crippen MR) is 91.8 cm³/mol. The first-order valence-electron chi connectivity index (χ1n) is 7.79. The van der Waals surface area contributed by atoms with Crippen molar-refractivity contribution in [2.75, 3.05) is 6.54 Å². The Hall–Kier alpha value is -1.86. The summed E-state index contributed by atoms with van der Waals surface area (Å²) in [5.41, 5.74) is 0.640. The van der Waals surface area contributed by atoms with Crippen LogP contribution >= 0.6 is 12.4 Å². The SMILES string of the molecule is CC(C)Oc1ccc([N+](=O)[O-])cc1CN1CCCCC1C(=O)O.Cl. The highest BCUT2D eigenvalue weighted by molar-refractivity contribution is 5.85. The number of hydrogen-bond acceptors (Lipinski definition) is 5. The zero-order chi connectivity index (χ0) is 17.0. The Morgan fingerprint density at radius 3 is 2.75 bits per heavy atom. The number of halogens is 1. The Labute approximate surface area is 147 Å². The molecule has 1 N–H and O–H groups in total. The average Bonchev–Trinajstić information content (AvgIpc) is 2.48. The van der Waals surface area contributed by atoms with Crippen molar-refractivity contribution < 1.29 is 19.6 Å². The summed E-state index contributed by atoms with van der Waals surface area (Å²) in [6.07, 6.45) is 2.36. The molecule has 1 aromatic carbocycles. The molecule has 0 saturated carbocycles. The summed E-state index contributed by atoms with van der Waals surface area (Å²) in [5.74, 6) is -0.276. The van der Waals surface area contributed by atoms with E-state index in [1.165, 1.54) is 12.1 Å². The molecule has 24 heavy (non-hydrogen) atoms. The molecule has 0 spiro atoms. The van der Waals surface area contributed by atoms with E-state index in [1.807, 2.05) is 18.7 Å². The van der Waals surface area contributed by atoms with Gasteiger partial charge >= 0.3 is 5.97 Å². The van der Waals surface area contributed by atoms with E-state index in [2.05, 4.69) is 0 Å². The van der Waals surface area contributed by atoms with Crippen molar-refractivity contribution in [2.24, 2.45) is 0 Å². The molecule has 1 aliphatic heterocycles. The summed E-state index contributed by atoms with van der Waals surface area (Å²) in [4.78, 5) is 23.8. The molecular weight excluding hydrogens is 336 g/mol. The minimum atomic E-state index is -0.846. The van der Waals surface area contributed by atoms with Crippen LogP contribution in [0.1, 0.15) is 38.7 Å². The van der Waals surface area contributed by atoms with Crippen LogP contribution in [0.15, 0.2) is 18.2 Å². The molecule has 1 unspecified atom stereocenters. The van der Waals surface area contributed by atoms with E-state index in [0.29, 0.717) is 30.8 Å². The monoisotopic (exact) mass is 358 g/mol. The fourth-order valence-corrected chi connectivity index (χ4v) is 2.85. The quantitative estimate of drug-likeness (QED) is 0.619. The number of carbonyl (C=O) groups is 1. The van der Waals surface area contributed by atoms with Gasteiger partial charge in [0.25, 0.3) is 5.69 Å². The Balaban J connectivity index is 0.00000288. The van der Waals surface area contributed by atoms with Gasteiger partial charge in [-0.3, -0.25) is 19.8 Å². The number of carboxylic acids is 1. The molecule has 0 aromatic heterocycles. The highest BCUT2D eigenvalue weighted by atomic mass is 35.5. The summed E-state index contributed by atoms with van der Waals surface area (Å²) in [7, 11) is 0. The molecule has 1 atom stereocenters. The third-order valence-corrected chi connectivity index (χ3v) is 3.89. The Bertz CT molecular complexity index is 594. The van der Waals surface area contributed by atoms with Crippen LogP contribution in [0.5, 0.6) is 5.75 Å². The molecule has 1 heterocycles. The van der Waals surface area contributed by atoms with Crippen LogP contribution in [-0.2, 0) is 11.3 Å². The van der Waals surface area contributed by atoms with Gasteiger partial charge in [0.15, 0.2) is 0 Å². The molecule has 0 bridgehead atoms. The van der Waals surface area contributed by atoms with E-state index >= 15 is 0 Å². The number of nitro groups is 1. The maximum Gasteiger partial charge on any atom is 0.320 e. The summed E-state index contributed by atoms with van der Waals surface area (Å²) in [6.45, 7) is 4.76. The molecule has 0 amide bonds. The normalized spacial score (nSPS) is 18.0. The fraction of sp³-hybridized carbons (Fsp3) is 0.562. The van der Waals surface area contributed by atoms with Crippen LogP contribution in [0, 0.1) is 10.1 Å². The highest BCUT2D eigenvalue weighted by Gasteiger charge is 2.29. The number of rotatable bonds is 6. The number of nitrogens with zero attached hydrogens (tertiary/aromatic N) is 2. The van der Waals surface area contributed by atoms with E-state index < -0.39 is 16.9 Å². The van der Waals surface area contributed by atoms with Gasteiger partial charge < -0.3 is 9.84 Å². The molecule has 1 fully saturated rings. The van der Waals surface area contributed by atoms with Crippen molar-refractivity contribution in [2.45, 2.75) is 51.8 Å². The molecule has 1 aromatic rings. The molecule has 8 heteroatoms. The van der Waals surface area contributed by atoms with Crippen LogP contribution in [0.25, 0.3) is 0 Å². The second-order valence-electron chi connectivity index (χ2n) is 6.04. The molecule has 1 saturated heterocycles. The van der Waals surface area contributed by atoms with Gasteiger partial charge in [0.05, 0.1) is 11.0 Å². The molecule has 2 rings (SSSR count). The van der Waals surface area contributed by atoms with E-state index in [4.69, 9.17) is 4.74 Å². The number of benzene rings is 1. The minimum absolute atomic E-state index is 0. The van der Waals surface area contributed by atoms with Gasteiger partial charge in [0, 0.05) is 24.2 Å². The summed E-state index contributed by atoms with van der Waals surface area (Å²) in [6, 6.07) is 3.93. The Morgan fingerprint density at radius 2 is 2.17 bits per heavy atom. The fourth-order valence-electron chi connectivity index (χ4n) is 2.85. The number of piperidine rings is 1. The lowest BCUT2D eigenvalue weighted by Gasteiger charge is -2.33. The lowest BCUT2D eigenvalue weighted by atomic mass is 10.0. The molecule has 7 nitrogen and oxygen atoms in total. The number of carboxylic acid groups (broad SMARTS) is 1. The molecule has 0 aliphatic carbocycles. The van der Waals surface area contributed by atoms with Gasteiger partial charge in [-0.2, -0.15) is 0 Å². The summed E-state index contributed by atoms with van der Waals surface area (Å²) < 4.78 is 5.72. The molecule has 0 radical (unpaired) electrons. The van der Waals surface area contributed by atoms with Crippen molar-refractivity contribution in [1.82, 2.24) is 4.90 Å². The van der Waals surface area contributed by atoms with Crippen LogP contribution in [-0.4, -0.2) is 39.6 Å². The van der Waals surface area contributed by atoms with Gasteiger partial charge in [0.1, 0.15) is 11.8 Å². The van der Waals surface area contributed by atoms with Crippen molar-refractivity contribution in [3.8, 4) is 5.75 Å².